The van der Waals surface area contributed by atoms with Crippen molar-refractivity contribution in [3.05, 3.63) is 46.4 Å². The number of oxazole rings is 1. The number of nitrogens with one attached hydrogen (secondary N) is 1. The number of carbonyl (C=O) groups excluding carboxylic acids is 1. The first-order chi connectivity index (χ1) is 12.6. The lowest BCUT2D eigenvalue weighted by Crippen LogP contribution is -2.19. The molecular weight excluding hydrogens is 422 g/mol. The number of methoxy groups -OCH3 is 1. The monoisotopic (exact) mass is 435 g/mol. The van der Waals surface area contributed by atoms with Crippen LogP contribution in [0.15, 0.2) is 55.6 Å². The molecule has 0 bridgehead atoms. The number of phenolic OH excluding ortho intramolecular Hbond substituents is 1. The standard InChI is InChI=1S/C17H14BrN3O4S/c1-24-14-7-10(6-11(18)16(14)23)8-19-21-15(22)9-26-17-20-12-4-2-3-5-13(12)25-17/h2-8,23H,9H2,1H3,(H,21,22)/b19-8-. The molecule has 2 N–H and O–H groups in total. The maximum absolute atomic E-state index is 11.9. The average Bonchev–Trinajstić information content (AvgIpc) is 3.05. The maximum atomic E-state index is 11.9. The van der Waals surface area contributed by atoms with E-state index in [4.69, 9.17) is 9.15 Å². The number of thioether (sulfide) groups is 1. The summed E-state index contributed by atoms with van der Waals surface area (Å²) >= 11 is 4.41. The Balaban J connectivity index is 1.55. The predicted molar refractivity (Wildman–Crippen MR) is 103 cm³/mol. The summed E-state index contributed by atoms with van der Waals surface area (Å²) in [7, 11) is 1.45. The second-order valence-corrected chi connectivity index (χ2v) is 6.86. The Morgan fingerprint density at radius 1 is 1.46 bits per heavy atom. The van der Waals surface area contributed by atoms with Crippen LogP contribution in [-0.2, 0) is 4.79 Å². The molecule has 134 valence electrons. The minimum absolute atomic E-state index is 0.00317. The summed E-state index contributed by atoms with van der Waals surface area (Å²) in [5.41, 5.74) is 4.51. The number of aromatic hydroxyl groups is 1. The fourth-order valence-electron chi connectivity index (χ4n) is 2.08. The first-order valence-electron chi connectivity index (χ1n) is 7.43. The van der Waals surface area contributed by atoms with Gasteiger partial charge in [0.1, 0.15) is 5.52 Å². The number of hydrogen-bond acceptors (Lipinski definition) is 7. The number of carbonyl (C=O) groups is 1. The van der Waals surface area contributed by atoms with Crippen LogP contribution >= 0.6 is 27.7 Å². The first-order valence-corrected chi connectivity index (χ1v) is 9.21. The zero-order chi connectivity index (χ0) is 18.5. The normalized spacial score (nSPS) is 11.2. The molecule has 7 nitrogen and oxygen atoms in total. The van der Waals surface area contributed by atoms with Crippen LogP contribution in [0.5, 0.6) is 11.5 Å². The molecule has 1 amide bonds. The lowest BCUT2D eigenvalue weighted by molar-refractivity contribution is -0.118. The molecular formula is C17H14BrN3O4S. The Bertz CT molecular complexity index is 941. The Morgan fingerprint density at radius 3 is 3.04 bits per heavy atom. The number of aromatic nitrogens is 1. The summed E-state index contributed by atoms with van der Waals surface area (Å²) in [4.78, 5) is 16.2. The minimum Gasteiger partial charge on any atom is -0.503 e. The molecule has 0 unspecified atom stereocenters. The molecule has 1 aromatic heterocycles. The van der Waals surface area contributed by atoms with Gasteiger partial charge in [0.15, 0.2) is 17.1 Å². The number of nitrogens with zero attached hydrogens (tertiary/aromatic N) is 2. The first kappa shape index (κ1) is 18.3. The second-order valence-electron chi connectivity index (χ2n) is 5.08. The highest BCUT2D eigenvalue weighted by molar-refractivity contribution is 9.10. The SMILES string of the molecule is COc1cc(/C=N\NC(=O)CSc2nc3ccccc3o2)cc(Br)c1O. The Morgan fingerprint density at radius 2 is 2.27 bits per heavy atom. The van der Waals surface area contributed by atoms with Crippen molar-refractivity contribution in [2.24, 2.45) is 5.10 Å². The molecule has 3 aromatic rings. The van der Waals surface area contributed by atoms with E-state index in [9.17, 15) is 9.90 Å². The van der Waals surface area contributed by atoms with Gasteiger partial charge < -0.3 is 14.3 Å². The number of halogens is 1. The van der Waals surface area contributed by atoms with Gasteiger partial charge in [-0.3, -0.25) is 4.79 Å². The topological polar surface area (TPSA) is 97.0 Å². The summed E-state index contributed by atoms with van der Waals surface area (Å²) in [6.45, 7) is 0. The van der Waals surface area contributed by atoms with Crippen molar-refractivity contribution in [3.63, 3.8) is 0 Å². The summed E-state index contributed by atoms with van der Waals surface area (Å²) in [6, 6.07) is 10.7. The van der Waals surface area contributed by atoms with Crippen LogP contribution in [0.3, 0.4) is 0 Å². The number of hydrogen-bond donors (Lipinski definition) is 2. The molecule has 0 aliphatic rings. The molecule has 0 radical (unpaired) electrons. The smallest absolute Gasteiger partial charge is 0.257 e. The molecule has 9 heteroatoms. The van der Waals surface area contributed by atoms with Gasteiger partial charge in [0.05, 0.1) is 23.5 Å². The van der Waals surface area contributed by atoms with Crippen molar-refractivity contribution in [1.29, 1.82) is 0 Å². The van der Waals surface area contributed by atoms with Gasteiger partial charge in [-0.1, -0.05) is 23.9 Å². The van der Waals surface area contributed by atoms with Gasteiger partial charge in [0, 0.05) is 0 Å². The van der Waals surface area contributed by atoms with Crippen LogP contribution in [0.4, 0.5) is 0 Å². The van der Waals surface area contributed by atoms with E-state index in [1.54, 1.807) is 12.1 Å². The lowest BCUT2D eigenvalue weighted by atomic mass is 10.2. The predicted octanol–water partition coefficient (Wildman–Crippen LogP) is 3.55. The molecule has 0 saturated heterocycles. The van der Waals surface area contributed by atoms with Gasteiger partial charge >= 0.3 is 0 Å². The van der Waals surface area contributed by atoms with E-state index in [0.29, 0.717) is 26.6 Å². The molecule has 0 aliphatic carbocycles. The molecule has 1 heterocycles. The number of para-hydroxylation sites is 2. The number of benzene rings is 2. The van der Waals surface area contributed by atoms with Gasteiger partial charge in [0.25, 0.3) is 11.1 Å². The molecule has 2 aromatic carbocycles. The summed E-state index contributed by atoms with van der Waals surface area (Å²) in [5, 5.41) is 14.1. The van der Waals surface area contributed by atoms with Crippen LogP contribution in [0.25, 0.3) is 11.1 Å². The van der Waals surface area contributed by atoms with E-state index in [0.717, 1.165) is 5.52 Å². The van der Waals surface area contributed by atoms with E-state index in [2.05, 4.69) is 31.4 Å². The quantitative estimate of drug-likeness (QED) is 0.349. The molecule has 3 rings (SSSR count). The van der Waals surface area contributed by atoms with Crippen molar-refractivity contribution in [2.45, 2.75) is 5.22 Å². The third-order valence-electron chi connectivity index (χ3n) is 3.27. The molecule has 0 saturated carbocycles. The van der Waals surface area contributed by atoms with E-state index >= 15 is 0 Å². The number of rotatable bonds is 6. The summed E-state index contributed by atoms with van der Waals surface area (Å²) < 4.78 is 11.1. The summed E-state index contributed by atoms with van der Waals surface area (Å²) in [5.74, 6) is 0.132. The highest BCUT2D eigenvalue weighted by Gasteiger charge is 2.09. The van der Waals surface area contributed by atoms with Crippen molar-refractivity contribution in [1.82, 2.24) is 10.4 Å². The van der Waals surface area contributed by atoms with Crippen LogP contribution in [0.1, 0.15) is 5.56 Å². The second kappa shape index (κ2) is 8.24. The van der Waals surface area contributed by atoms with Crippen LogP contribution in [0.2, 0.25) is 0 Å². The Hall–Kier alpha value is -2.52. The number of amides is 1. The fraction of sp³-hybridized carbons (Fsp3) is 0.118. The van der Waals surface area contributed by atoms with E-state index in [1.165, 1.54) is 25.1 Å². The molecule has 0 fully saturated rings. The van der Waals surface area contributed by atoms with E-state index < -0.39 is 0 Å². The van der Waals surface area contributed by atoms with Crippen molar-refractivity contribution in [3.8, 4) is 11.5 Å². The lowest BCUT2D eigenvalue weighted by Gasteiger charge is -2.06. The van der Waals surface area contributed by atoms with E-state index in [1.807, 2.05) is 24.3 Å². The van der Waals surface area contributed by atoms with Gasteiger partial charge in [-0.05, 0) is 45.8 Å². The third-order valence-corrected chi connectivity index (χ3v) is 4.71. The van der Waals surface area contributed by atoms with Gasteiger partial charge in [-0.15, -0.1) is 0 Å². The van der Waals surface area contributed by atoms with Crippen molar-refractivity contribution >= 4 is 50.9 Å². The summed E-state index contributed by atoms with van der Waals surface area (Å²) in [6.07, 6.45) is 1.45. The van der Waals surface area contributed by atoms with Crippen LogP contribution in [-0.4, -0.2) is 35.1 Å². The minimum atomic E-state index is -0.293. The zero-order valence-electron chi connectivity index (χ0n) is 13.6. The number of phenols is 1. The number of fused-ring (bicyclic) bond motifs is 1. The molecule has 0 atom stereocenters. The van der Waals surface area contributed by atoms with E-state index in [-0.39, 0.29) is 17.4 Å². The number of hydrazone groups is 1. The highest BCUT2D eigenvalue weighted by Crippen LogP contribution is 2.34. The highest BCUT2D eigenvalue weighted by atomic mass is 79.9. The van der Waals surface area contributed by atoms with Gasteiger partial charge in [0.2, 0.25) is 0 Å². The molecule has 0 spiro atoms. The largest absolute Gasteiger partial charge is 0.503 e. The fourth-order valence-corrected chi connectivity index (χ4v) is 3.17. The zero-order valence-corrected chi connectivity index (χ0v) is 16.0. The van der Waals surface area contributed by atoms with Crippen LogP contribution < -0.4 is 10.2 Å². The maximum Gasteiger partial charge on any atom is 0.257 e. The van der Waals surface area contributed by atoms with Gasteiger partial charge in [-0.25, -0.2) is 10.4 Å². The van der Waals surface area contributed by atoms with Gasteiger partial charge in [-0.2, -0.15) is 5.10 Å². The number of ether oxygens (including phenoxy) is 1. The molecule has 0 aliphatic heterocycles. The Labute approximate surface area is 161 Å². The molecule has 26 heavy (non-hydrogen) atoms. The third kappa shape index (κ3) is 4.36. The van der Waals surface area contributed by atoms with Crippen molar-refractivity contribution in [2.75, 3.05) is 12.9 Å². The van der Waals surface area contributed by atoms with Crippen LogP contribution in [0, 0.1) is 0 Å². The Kier molecular flexibility index (Phi) is 5.79. The van der Waals surface area contributed by atoms with Crippen molar-refractivity contribution < 1.29 is 19.1 Å². The average molecular weight is 436 g/mol.